The third-order valence-electron chi connectivity index (χ3n) is 10.3. The van der Waals surface area contributed by atoms with E-state index in [-0.39, 0.29) is 11.7 Å². The number of rotatable bonds is 2. The number of halogens is 6. The SMILES string of the molecule is CC12CCC3C(CCC4CCCC(=O)/C=C\[C@@H]3C4)C1CCC2C(=O)Nc1cc(C(F)(F)F)ccc1C(F)(F)F. The highest BCUT2D eigenvalue weighted by Gasteiger charge is 2.57. The molecule has 0 aliphatic heterocycles. The van der Waals surface area contributed by atoms with E-state index in [4.69, 9.17) is 0 Å². The molecule has 1 N–H and O–H groups in total. The van der Waals surface area contributed by atoms with Gasteiger partial charge in [0.05, 0.1) is 16.8 Å². The second kappa shape index (κ2) is 10.3. The van der Waals surface area contributed by atoms with E-state index >= 15 is 0 Å². The van der Waals surface area contributed by atoms with Crippen molar-refractivity contribution in [1.29, 1.82) is 0 Å². The first-order valence-corrected chi connectivity index (χ1v) is 14.1. The number of nitrogens with one attached hydrogen (secondary N) is 1. The minimum absolute atomic E-state index is 0.170. The van der Waals surface area contributed by atoms with Gasteiger partial charge >= 0.3 is 12.4 Å². The van der Waals surface area contributed by atoms with Crippen molar-refractivity contribution in [3.05, 3.63) is 41.5 Å². The molecule has 1 aromatic carbocycles. The molecular weight excluding hydrogens is 520 g/mol. The van der Waals surface area contributed by atoms with Crippen molar-refractivity contribution in [2.24, 2.45) is 40.9 Å². The van der Waals surface area contributed by atoms with E-state index < -0.39 is 46.4 Å². The highest BCUT2D eigenvalue weighted by atomic mass is 19.4. The van der Waals surface area contributed by atoms with Gasteiger partial charge in [0.2, 0.25) is 5.91 Å². The number of alkyl halides is 6. The van der Waals surface area contributed by atoms with Gasteiger partial charge in [0, 0.05) is 12.3 Å². The van der Waals surface area contributed by atoms with Crippen LogP contribution in [-0.2, 0) is 21.9 Å². The fourth-order valence-corrected chi connectivity index (χ4v) is 8.45. The maximum atomic E-state index is 13.6. The van der Waals surface area contributed by atoms with Gasteiger partial charge in [0.15, 0.2) is 5.78 Å². The maximum absolute atomic E-state index is 13.6. The Morgan fingerprint density at radius 3 is 2.44 bits per heavy atom. The van der Waals surface area contributed by atoms with Crippen molar-refractivity contribution in [2.75, 3.05) is 5.32 Å². The Hall–Kier alpha value is -2.32. The highest BCUT2D eigenvalue weighted by Crippen LogP contribution is 2.62. The molecule has 4 aliphatic rings. The second-order valence-corrected chi connectivity index (χ2v) is 12.4. The second-order valence-electron chi connectivity index (χ2n) is 12.4. The average Bonchev–Trinajstić information content (AvgIpc) is 3.14. The van der Waals surface area contributed by atoms with E-state index in [0.29, 0.717) is 54.7 Å². The number of hydrogen-bond acceptors (Lipinski definition) is 2. The third kappa shape index (κ3) is 5.51. The summed E-state index contributed by atoms with van der Waals surface area (Å²) >= 11 is 0. The summed E-state index contributed by atoms with van der Waals surface area (Å²) < 4.78 is 80.7. The van der Waals surface area contributed by atoms with Crippen molar-refractivity contribution >= 4 is 17.4 Å². The van der Waals surface area contributed by atoms with Crippen LogP contribution in [0.15, 0.2) is 30.4 Å². The fourth-order valence-electron chi connectivity index (χ4n) is 8.45. The van der Waals surface area contributed by atoms with E-state index in [2.05, 4.69) is 11.4 Å². The lowest BCUT2D eigenvalue weighted by Gasteiger charge is -2.49. The van der Waals surface area contributed by atoms with Crippen LogP contribution in [0.4, 0.5) is 32.0 Å². The van der Waals surface area contributed by atoms with Gasteiger partial charge in [-0.1, -0.05) is 19.4 Å². The average molecular weight is 556 g/mol. The lowest BCUT2D eigenvalue weighted by molar-refractivity contribution is -0.141. The van der Waals surface area contributed by atoms with Crippen molar-refractivity contribution in [3.63, 3.8) is 0 Å². The van der Waals surface area contributed by atoms with Gasteiger partial charge in [-0.05, 0) is 111 Å². The number of carbonyl (C=O) groups is 2. The topological polar surface area (TPSA) is 46.2 Å². The number of anilines is 1. The minimum Gasteiger partial charge on any atom is -0.325 e. The molecule has 3 fully saturated rings. The molecule has 6 unspecified atom stereocenters. The Morgan fingerprint density at radius 1 is 0.949 bits per heavy atom. The Kier molecular flexibility index (Phi) is 7.42. The van der Waals surface area contributed by atoms with E-state index in [1.54, 1.807) is 6.08 Å². The van der Waals surface area contributed by atoms with Crippen molar-refractivity contribution in [1.82, 2.24) is 0 Å². The van der Waals surface area contributed by atoms with Crippen molar-refractivity contribution < 1.29 is 35.9 Å². The van der Waals surface area contributed by atoms with E-state index in [9.17, 15) is 35.9 Å². The van der Waals surface area contributed by atoms with Crippen LogP contribution in [0.5, 0.6) is 0 Å². The molecule has 7 atom stereocenters. The van der Waals surface area contributed by atoms with Crippen LogP contribution in [0.3, 0.4) is 0 Å². The highest BCUT2D eigenvalue weighted by molar-refractivity contribution is 5.94. The molecule has 1 amide bonds. The number of benzene rings is 1. The summed E-state index contributed by atoms with van der Waals surface area (Å²) in [7, 11) is 0. The molecule has 0 aromatic heterocycles. The zero-order valence-electron chi connectivity index (χ0n) is 22.0. The zero-order chi connectivity index (χ0) is 28.2. The molecule has 0 saturated heterocycles. The Morgan fingerprint density at radius 2 is 1.72 bits per heavy atom. The summed E-state index contributed by atoms with van der Waals surface area (Å²) in [5, 5.41) is 2.27. The van der Waals surface area contributed by atoms with E-state index in [1.807, 2.05) is 6.92 Å². The molecule has 0 heterocycles. The molecule has 3 nitrogen and oxygen atoms in total. The number of hydrogen-bond donors (Lipinski definition) is 1. The lowest BCUT2D eigenvalue weighted by atomic mass is 9.55. The predicted octanol–water partition coefficient (Wildman–Crippen LogP) is 8.45. The van der Waals surface area contributed by atoms with Crippen molar-refractivity contribution in [2.45, 2.75) is 83.5 Å². The normalized spacial score (nSPS) is 36.0. The standard InChI is InChI=1S/C30H35F6NO2/c1-28-14-13-21-18-6-8-20(38)4-2-3-17(15-18)5-9-22(21)23(28)11-12-25(28)27(39)37-26-16-19(29(31,32)33)7-10-24(26)30(34,35)36/h6-8,10,16-18,21-23,25H,2-5,9,11-15H2,1H3,(H,37,39)/b8-6-/t17?,18-,21?,22?,23?,25?,28?/m1/s1. The number of ketones is 1. The van der Waals surface area contributed by atoms with E-state index in [0.717, 1.165) is 51.4 Å². The molecule has 1 aromatic rings. The van der Waals surface area contributed by atoms with Crippen LogP contribution in [0.1, 0.15) is 82.3 Å². The Bertz CT molecular complexity index is 1140. The summed E-state index contributed by atoms with van der Waals surface area (Å²) in [6, 6.07) is 1.17. The predicted molar refractivity (Wildman–Crippen MR) is 134 cm³/mol. The van der Waals surface area contributed by atoms with Gasteiger partial charge in [-0.25, -0.2) is 0 Å². The first kappa shape index (κ1) is 28.2. The molecule has 2 bridgehead atoms. The molecule has 4 aliphatic carbocycles. The maximum Gasteiger partial charge on any atom is 0.418 e. The smallest absolute Gasteiger partial charge is 0.325 e. The third-order valence-corrected chi connectivity index (χ3v) is 10.3. The summed E-state index contributed by atoms with van der Waals surface area (Å²) in [6.07, 6.45) is 2.68. The first-order valence-electron chi connectivity index (χ1n) is 14.1. The Labute approximate surface area is 224 Å². The molecule has 214 valence electrons. The van der Waals surface area contributed by atoms with Gasteiger partial charge in [-0.2, -0.15) is 26.3 Å². The molecule has 0 spiro atoms. The van der Waals surface area contributed by atoms with Crippen LogP contribution >= 0.6 is 0 Å². The molecule has 39 heavy (non-hydrogen) atoms. The van der Waals surface area contributed by atoms with Gasteiger partial charge in [0.25, 0.3) is 0 Å². The van der Waals surface area contributed by atoms with Gasteiger partial charge in [0.1, 0.15) is 0 Å². The zero-order valence-corrected chi connectivity index (χ0v) is 22.0. The quantitative estimate of drug-likeness (QED) is 0.372. The van der Waals surface area contributed by atoms with Gasteiger partial charge in [-0.3, -0.25) is 9.59 Å². The number of amides is 1. The molecule has 3 saturated carbocycles. The summed E-state index contributed by atoms with van der Waals surface area (Å²) in [6.45, 7) is 2.04. The Balaban J connectivity index is 1.39. The number of allylic oxidation sites excluding steroid dienone is 2. The molecule has 9 heteroatoms. The van der Waals surface area contributed by atoms with Crippen LogP contribution in [-0.4, -0.2) is 11.7 Å². The van der Waals surface area contributed by atoms with E-state index in [1.165, 1.54) is 0 Å². The molecule has 5 rings (SSSR count). The van der Waals surface area contributed by atoms with Gasteiger partial charge < -0.3 is 5.32 Å². The van der Waals surface area contributed by atoms with Gasteiger partial charge in [-0.15, -0.1) is 0 Å². The molecular formula is C30H35F6NO2. The van der Waals surface area contributed by atoms with Crippen LogP contribution in [0, 0.1) is 40.9 Å². The lowest BCUT2D eigenvalue weighted by Crippen LogP contribution is -2.45. The van der Waals surface area contributed by atoms with Crippen molar-refractivity contribution in [3.8, 4) is 0 Å². The number of fused-ring (bicyclic) bond motifs is 6. The monoisotopic (exact) mass is 555 g/mol. The van der Waals surface area contributed by atoms with Crippen LogP contribution in [0.2, 0.25) is 0 Å². The van der Waals surface area contributed by atoms with Crippen LogP contribution < -0.4 is 5.32 Å². The summed E-state index contributed by atoms with van der Waals surface area (Å²) in [5.74, 6) is 0.796. The number of carbonyl (C=O) groups excluding carboxylic acids is 2. The summed E-state index contributed by atoms with van der Waals surface area (Å²) in [5.41, 5.74) is -3.80. The largest absolute Gasteiger partial charge is 0.418 e. The molecule has 0 radical (unpaired) electrons. The van der Waals surface area contributed by atoms with Crippen LogP contribution in [0.25, 0.3) is 0 Å². The first-order chi connectivity index (χ1) is 18.3. The fraction of sp³-hybridized carbons (Fsp3) is 0.667. The minimum atomic E-state index is -4.91. The summed E-state index contributed by atoms with van der Waals surface area (Å²) in [4.78, 5) is 25.7.